The molecule has 2 rings (SSSR count). The van der Waals surface area contributed by atoms with E-state index in [1.807, 2.05) is 13.8 Å². The van der Waals surface area contributed by atoms with Crippen molar-refractivity contribution in [1.82, 2.24) is 10.2 Å². The van der Waals surface area contributed by atoms with Crippen LogP contribution >= 0.6 is 46.4 Å². The normalized spacial score (nSPS) is 12.0. The zero-order valence-corrected chi connectivity index (χ0v) is 19.3. The van der Waals surface area contributed by atoms with Crippen LogP contribution in [-0.2, 0) is 22.6 Å². The first-order valence-corrected chi connectivity index (χ1v) is 10.6. The van der Waals surface area contributed by atoms with Gasteiger partial charge in [-0.1, -0.05) is 58.5 Å². The van der Waals surface area contributed by atoms with Crippen molar-refractivity contribution in [2.75, 3.05) is 0 Å². The van der Waals surface area contributed by atoms with Gasteiger partial charge < -0.3 is 10.2 Å². The van der Waals surface area contributed by atoms with Crippen molar-refractivity contribution in [1.29, 1.82) is 0 Å². The molecule has 2 amide bonds. The largest absolute Gasteiger partial charge is 0.352 e. The van der Waals surface area contributed by atoms with Gasteiger partial charge in [0.05, 0.1) is 16.5 Å². The molecule has 0 aliphatic carbocycles. The molecule has 29 heavy (non-hydrogen) atoms. The Labute approximate surface area is 191 Å². The number of hydrogen-bond donors (Lipinski definition) is 1. The molecule has 0 spiro atoms. The van der Waals surface area contributed by atoms with Gasteiger partial charge in [0.15, 0.2) is 0 Å². The second-order valence-corrected chi connectivity index (χ2v) is 8.62. The van der Waals surface area contributed by atoms with Crippen LogP contribution in [0, 0.1) is 0 Å². The van der Waals surface area contributed by atoms with Crippen molar-refractivity contribution < 1.29 is 9.59 Å². The summed E-state index contributed by atoms with van der Waals surface area (Å²) in [7, 11) is 0. The minimum Gasteiger partial charge on any atom is -0.352 e. The third-order valence-corrected chi connectivity index (χ3v) is 5.77. The lowest BCUT2D eigenvalue weighted by Crippen LogP contribution is -2.49. The summed E-state index contributed by atoms with van der Waals surface area (Å²) in [6.07, 6.45) is 0.0538. The number of halogens is 4. The Bertz CT molecular complexity index is 882. The van der Waals surface area contributed by atoms with E-state index in [9.17, 15) is 9.59 Å². The van der Waals surface area contributed by atoms with E-state index in [0.717, 1.165) is 0 Å². The summed E-state index contributed by atoms with van der Waals surface area (Å²) in [6, 6.07) is 9.35. The van der Waals surface area contributed by atoms with Crippen molar-refractivity contribution in [2.45, 2.75) is 45.8 Å². The number of rotatable bonds is 7. The van der Waals surface area contributed by atoms with E-state index in [4.69, 9.17) is 46.4 Å². The maximum atomic E-state index is 13.2. The molecule has 0 aliphatic heterocycles. The Hall–Kier alpha value is -1.46. The van der Waals surface area contributed by atoms with Crippen LogP contribution in [0.5, 0.6) is 0 Å². The smallest absolute Gasteiger partial charge is 0.242 e. The molecular weight excluding hydrogens is 454 g/mol. The van der Waals surface area contributed by atoms with Crippen LogP contribution in [0.4, 0.5) is 0 Å². The van der Waals surface area contributed by atoms with E-state index in [-0.39, 0.29) is 30.8 Å². The molecule has 1 unspecified atom stereocenters. The van der Waals surface area contributed by atoms with Crippen molar-refractivity contribution in [3.05, 3.63) is 67.6 Å². The van der Waals surface area contributed by atoms with E-state index in [1.54, 1.807) is 43.3 Å². The second-order valence-electron chi connectivity index (χ2n) is 6.99. The summed E-state index contributed by atoms with van der Waals surface area (Å²) in [5.74, 6) is -0.517. The SMILES string of the molecule is CC(C)NC(=O)C(C)N(Cc1c(Cl)cccc1Cl)C(=O)Cc1ccc(Cl)c(Cl)c1. The Morgan fingerprint density at radius 3 is 2.10 bits per heavy atom. The fourth-order valence-corrected chi connectivity index (χ4v) is 3.60. The van der Waals surface area contributed by atoms with Gasteiger partial charge in [-0.2, -0.15) is 0 Å². The van der Waals surface area contributed by atoms with Gasteiger partial charge in [-0.05, 0) is 50.6 Å². The Morgan fingerprint density at radius 1 is 0.931 bits per heavy atom. The third-order valence-electron chi connectivity index (χ3n) is 4.33. The summed E-state index contributed by atoms with van der Waals surface area (Å²) >= 11 is 24.6. The summed E-state index contributed by atoms with van der Waals surface area (Å²) < 4.78 is 0. The molecule has 1 atom stereocenters. The van der Waals surface area contributed by atoms with Crippen LogP contribution in [0.2, 0.25) is 20.1 Å². The van der Waals surface area contributed by atoms with E-state index >= 15 is 0 Å². The lowest BCUT2D eigenvalue weighted by molar-refractivity contribution is -0.140. The molecule has 0 bridgehead atoms. The third kappa shape index (κ3) is 6.51. The molecule has 156 valence electrons. The van der Waals surface area contributed by atoms with Gasteiger partial charge in [0.25, 0.3) is 0 Å². The maximum Gasteiger partial charge on any atom is 0.242 e. The Balaban J connectivity index is 2.33. The van der Waals surface area contributed by atoms with Gasteiger partial charge in [-0.15, -0.1) is 0 Å². The molecule has 0 heterocycles. The Kier molecular flexibility index (Phi) is 8.65. The van der Waals surface area contributed by atoms with E-state index in [1.165, 1.54) is 4.90 Å². The summed E-state index contributed by atoms with van der Waals surface area (Å²) in [4.78, 5) is 27.2. The maximum absolute atomic E-state index is 13.2. The quantitative estimate of drug-likeness (QED) is 0.551. The lowest BCUT2D eigenvalue weighted by atomic mass is 10.1. The molecule has 2 aromatic carbocycles. The molecule has 2 aromatic rings. The summed E-state index contributed by atoms with van der Waals surface area (Å²) in [5.41, 5.74) is 1.28. The van der Waals surface area contributed by atoms with Crippen molar-refractivity contribution in [2.24, 2.45) is 0 Å². The first-order valence-electron chi connectivity index (χ1n) is 9.06. The number of nitrogens with zero attached hydrogens (tertiary/aromatic N) is 1. The predicted molar refractivity (Wildman–Crippen MR) is 120 cm³/mol. The van der Waals surface area contributed by atoms with Crippen molar-refractivity contribution in [3.8, 4) is 0 Å². The molecular formula is C21H22Cl4N2O2. The molecule has 0 fully saturated rings. The number of benzene rings is 2. The average Bonchev–Trinajstić information content (AvgIpc) is 2.63. The van der Waals surface area contributed by atoms with Crippen LogP contribution in [0.3, 0.4) is 0 Å². The van der Waals surface area contributed by atoms with Gasteiger partial charge in [-0.25, -0.2) is 0 Å². The minimum absolute atomic E-state index is 0.0538. The monoisotopic (exact) mass is 474 g/mol. The van der Waals surface area contributed by atoms with Gasteiger partial charge in [0.2, 0.25) is 11.8 Å². The van der Waals surface area contributed by atoms with E-state index in [0.29, 0.717) is 31.2 Å². The van der Waals surface area contributed by atoms with Gasteiger partial charge in [0, 0.05) is 28.2 Å². The number of carbonyl (C=O) groups is 2. The first kappa shape index (κ1) is 23.8. The first-order chi connectivity index (χ1) is 13.6. The van der Waals surface area contributed by atoms with Crippen LogP contribution in [-0.4, -0.2) is 28.8 Å². The molecule has 0 saturated heterocycles. The van der Waals surface area contributed by atoms with Gasteiger partial charge in [0.1, 0.15) is 6.04 Å². The van der Waals surface area contributed by atoms with Crippen LogP contribution in [0.25, 0.3) is 0 Å². The van der Waals surface area contributed by atoms with E-state index in [2.05, 4.69) is 5.32 Å². The average molecular weight is 476 g/mol. The van der Waals surface area contributed by atoms with Crippen LogP contribution in [0.1, 0.15) is 31.9 Å². The van der Waals surface area contributed by atoms with Crippen LogP contribution in [0.15, 0.2) is 36.4 Å². The molecule has 1 N–H and O–H groups in total. The molecule has 0 aliphatic rings. The highest BCUT2D eigenvalue weighted by atomic mass is 35.5. The second kappa shape index (κ2) is 10.5. The standard InChI is InChI=1S/C21H22Cl4N2O2/c1-12(2)26-21(29)13(3)27(11-15-16(22)5-4-6-17(15)23)20(28)10-14-7-8-18(24)19(25)9-14/h4-9,12-13H,10-11H2,1-3H3,(H,26,29). The highest BCUT2D eigenvalue weighted by molar-refractivity contribution is 6.42. The van der Waals surface area contributed by atoms with Crippen molar-refractivity contribution >= 4 is 58.2 Å². The van der Waals surface area contributed by atoms with Gasteiger partial charge >= 0.3 is 0 Å². The molecule has 8 heteroatoms. The zero-order chi connectivity index (χ0) is 21.7. The summed E-state index contributed by atoms with van der Waals surface area (Å²) in [5, 5.41) is 4.47. The molecule has 0 radical (unpaired) electrons. The number of nitrogens with one attached hydrogen (secondary N) is 1. The van der Waals surface area contributed by atoms with Gasteiger partial charge in [-0.3, -0.25) is 9.59 Å². The summed E-state index contributed by atoms with van der Waals surface area (Å²) in [6.45, 7) is 5.50. The molecule has 0 aromatic heterocycles. The minimum atomic E-state index is -0.722. The van der Waals surface area contributed by atoms with Crippen molar-refractivity contribution in [3.63, 3.8) is 0 Å². The zero-order valence-electron chi connectivity index (χ0n) is 16.3. The highest BCUT2D eigenvalue weighted by Crippen LogP contribution is 2.27. The fourth-order valence-electron chi connectivity index (χ4n) is 2.77. The lowest BCUT2D eigenvalue weighted by Gasteiger charge is -2.30. The predicted octanol–water partition coefficient (Wildman–Crippen LogP) is 5.78. The molecule has 0 saturated carbocycles. The Morgan fingerprint density at radius 2 is 1.55 bits per heavy atom. The number of carbonyl (C=O) groups excluding carboxylic acids is 2. The topological polar surface area (TPSA) is 49.4 Å². The highest BCUT2D eigenvalue weighted by Gasteiger charge is 2.28. The number of amides is 2. The fraction of sp³-hybridized carbons (Fsp3) is 0.333. The number of hydrogen-bond acceptors (Lipinski definition) is 2. The van der Waals surface area contributed by atoms with Crippen LogP contribution < -0.4 is 5.32 Å². The van der Waals surface area contributed by atoms with E-state index < -0.39 is 6.04 Å². The molecule has 4 nitrogen and oxygen atoms in total.